The van der Waals surface area contributed by atoms with Crippen molar-refractivity contribution in [1.82, 2.24) is 4.31 Å². The highest BCUT2D eigenvalue weighted by atomic mass is 35.5. The highest BCUT2D eigenvalue weighted by molar-refractivity contribution is 7.98. The summed E-state index contributed by atoms with van der Waals surface area (Å²) in [6, 6.07) is 6.65. The van der Waals surface area contributed by atoms with Gasteiger partial charge in [0.15, 0.2) is 0 Å². The molecule has 0 unspecified atom stereocenters. The monoisotopic (exact) mass is 299 g/mol. The van der Waals surface area contributed by atoms with E-state index in [2.05, 4.69) is 0 Å². The summed E-state index contributed by atoms with van der Waals surface area (Å²) in [7, 11) is 0. The van der Waals surface area contributed by atoms with Gasteiger partial charge in [0.2, 0.25) is 0 Å². The Bertz CT molecular complexity index is 499. The van der Waals surface area contributed by atoms with Gasteiger partial charge in [0.25, 0.3) is 11.8 Å². The van der Waals surface area contributed by atoms with Gasteiger partial charge in [0.05, 0.1) is 11.1 Å². The lowest BCUT2D eigenvalue weighted by atomic mass is 10.1. The number of halogens is 1. The molecule has 0 atom stereocenters. The van der Waals surface area contributed by atoms with Crippen molar-refractivity contribution in [2.45, 2.75) is 0 Å². The molecule has 5 nitrogen and oxygen atoms in total. The molecule has 7 heteroatoms. The Morgan fingerprint density at radius 3 is 2.32 bits per heavy atom. The van der Waals surface area contributed by atoms with Gasteiger partial charge in [0, 0.05) is 5.75 Å². The lowest BCUT2D eigenvalue weighted by molar-refractivity contribution is -0.139. The number of carbonyl (C=O) groups is 3. The molecule has 19 heavy (non-hydrogen) atoms. The summed E-state index contributed by atoms with van der Waals surface area (Å²) in [6.45, 7) is 0.101. The molecule has 1 heterocycles. The van der Waals surface area contributed by atoms with Crippen molar-refractivity contribution in [1.29, 1.82) is 0 Å². The summed E-state index contributed by atoms with van der Waals surface area (Å²) in [5.41, 5.74) is 0.801. The number of amides is 2. The van der Waals surface area contributed by atoms with Crippen molar-refractivity contribution in [3.05, 3.63) is 35.4 Å². The predicted octanol–water partition coefficient (Wildman–Crippen LogP) is 1.71. The zero-order valence-electron chi connectivity index (χ0n) is 9.80. The number of ether oxygens (including phenoxy) is 1. The maximum atomic E-state index is 11.9. The van der Waals surface area contributed by atoms with Gasteiger partial charge in [-0.2, -0.15) is 0 Å². The van der Waals surface area contributed by atoms with Gasteiger partial charge in [-0.15, -0.1) is 11.6 Å². The number of carbonyl (C=O) groups excluding carboxylic acids is 3. The summed E-state index contributed by atoms with van der Waals surface area (Å²) < 4.78 is 5.84. The normalized spacial score (nSPS) is 13.6. The van der Waals surface area contributed by atoms with E-state index >= 15 is 0 Å². The Morgan fingerprint density at radius 1 is 1.21 bits per heavy atom. The first-order valence-electron chi connectivity index (χ1n) is 5.47. The fourth-order valence-electron chi connectivity index (χ4n) is 1.61. The van der Waals surface area contributed by atoms with Crippen LogP contribution < -0.4 is 0 Å². The molecule has 1 aromatic carbocycles. The molecule has 0 N–H and O–H groups in total. The minimum Gasteiger partial charge on any atom is -0.464 e. The second-order valence-electron chi connectivity index (χ2n) is 3.64. The summed E-state index contributed by atoms with van der Waals surface area (Å²) in [4.78, 5) is 34.7. The number of alkyl halides is 1. The first-order valence-corrected chi connectivity index (χ1v) is 6.95. The SMILES string of the molecule is O=C(CCl)OCCSN1C(=O)c2ccccc2C1=O. The molecule has 0 aliphatic carbocycles. The summed E-state index contributed by atoms with van der Waals surface area (Å²) in [5, 5.41) is 0. The first kappa shape index (κ1) is 13.9. The molecular formula is C12H10ClNO4S. The van der Waals surface area contributed by atoms with Crippen LogP contribution in [-0.2, 0) is 9.53 Å². The number of hydrogen-bond donors (Lipinski definition) is 0. The molecule has 0 radical (unpaired) electrons. The van der Waals surface area contributed by atoms with Gasteiger partial charge in [0.1, 0.15) is 12.5 Å². The average molecular weight is 300 g/mol. The van der Waals surface area contributed by atoms with Crippen LogP contribution >= 0.6 is 23.5 Å². The first-order chi connectivity index (χ1) is 9.15. The van der Waals surface area contributed by atoms with E-state index in [1.807, 2.05) is 0 Å². The van der Waals surface area contributed by atoms with Gasteiger partial charge in [-0.3, -0.25) is 14.4 Å². The number of benzene rings is 1. The van der Waals surface area contributed by atoms with Gasteiger partial charge in [-0.05, 0) is 24.1 Å². The van der Waals surface area contributed by atoms with E-state index in [-0.39, 0.29) is 24.3 Å². The van der Waals surface area contributed by atoms with Crippen LogP contribution in [0.4, 0.5) is 0 Å². The van der Waals surface area contributed by atoms with Crippen molar-refractivity contribution in [2.24, 2.45) is 0 Å². The molecule has 1 aliphatic rings. The van der Waals surface area contributed by atoms with Crippen molar-refractivity contribution in [2.75, 3.05) is 18.2 Å². The largest absolute Gasteiger partial charge is 0.464 e. The van der Waals surface area contributed by atoms with E-state index in [1.165, 1.54) is 0 Å². The molecule has 2 amide bonds. The standard InChI is InChI=1S/C12H10ClNO4S/c13-7-10(15)18-5-6-19-14-11(16)8-3-1-2-4-9(8)12(14)17/h1-4H,5-7H2. The predicted molar refractivity (Wildman–Crippen MR) is 71.1 cm³/mol. The fraction of sp³-hybridized carbons (Fsp3) is 0.250. The fourth-order valence-corrected chi connectivity index (χ4v) is 2.46. The molecule has 1 aliphatic heterocycles. The number of esters is 1. The third-order valence-electron chi connectivity index (χ3n) is 2.43. The van der Waals surface area contributed by atoms with Crippen molar-refractivity contribution in [3.8, 4) is 0 Å². The van der Waals surface area contributed by atoms with Crippen LogP contribution in [0.1, 0.15) is 20.7 Å². The average Bonchev–Trinajstić information content (AvgIpc) is 2.68. The molecule has 0 bridgehead atoms. The zero-order chi connectivity index (χ0) is 13.8. The molecule has 1 aromatic rings. The molecule has 0 saturated carbocycles. The van der Waals surface area contributed by atoms with E-state index in [1.54, 1.807) is 24.3 Å². The van der Waals surface area contributed by atoms with Crippen LogP contribution in [0, 0.1) is 0 Å². The van der Waals surface area contributed by atoms with E-state index in [4.69, 9.17) is 16.3 Å². The van der Waals surface area contributed by atoms with E-state index in [0.717, 1.165) is 16.3 Å². The number of imide groups is 1. The van der Waals surface area contributed by atoms with Crippen LogP contribution in [-0.4, -0.2) is 40.3 Å². The Labute approximate surface area is 119 Å². The van der Waals surface area contributed by atoms with Crippen molar-refractivity contribution < 1.29 is 19.1 Å². The van der Waals surface area contributed by atoms with Crippen molar-refractivity contribution in [3.63, 3.8) is 0 Å². The van der Waals surface area contributed by atoms with E-state index in [0.29, 0.717) is 16.9 Å². The Balaban J connectivity index is 1.92. The molecule has 0 aromatic heterocycles. The van der Waals surface area contributed by atoms with Crippen LogP contribution in [0.3, 0.4) is 0 Å². The number of fused-ring (bicyclic) bond motifs is 1. The zero-order valence-corrected chi connectivity index (χ0v) is 11.4. The molecule has 2 rings (SSSR count). The molecular weight excluding hydrogens is 290 g/mol. The Hall–Kier alpha value is -1.53. The molecule has 0 saturated heterocycles. The molecule has 0 fully saturated rings. The summed E-state index contributed by atoms with van der Waals surface area (Å²) in [5.74, 6) is -1.10. The minimum absolute atomic E-state index is 0.101. The quantitative estimate of drug-likeness (QED) is 0.272. The number of nitrogens with zero attached hydrogens (tertiary/aromatic N) is 1. The Kier molecular flexibility index (Phi) is 4.44. The van der Waals surface area contributed by atoms with Crippen molar-refractivity contribution >= 4 is 41.3 Å². The minimum atomic E-state index is -0.523. The van der Waals surface area contributed by atoms with Gasteiger partial charge >= 0.3 is 5.97 Å². The third-order valence-corrected chi connectivity index (χ3v) is 3.59. The second-order valence-corrected chi connectivity index (χ2v) is 4.94. The van der Waals surface area contributed by atoms with Gasteiger partial charge in [-0.25, -0.2) is 4.31 Å². The highest BCUT2D eigenvalue weighted by Gasteiger charge is 2.35. The lowest BCUT2D eigenvalue weighted by Gasteiger charge is -2.11. The molecule has 100 valence electrons. The summed E-state index contributed by atoms with van der Waals surface area (Å²) >= 11 is 6.29. The lowest BCUT2D eigenvalue weighted by Crippen LogP contribution is -2.23. The maximum Gasteiger partial charge on any atom is 0.320 e. The van der Waals surface area contributed by atoms with Crippen LogP contribution in [0.15, 0.2) is 24.3 Å². The maximum absolute atomic E-state index is 11.9. The summed E-state index contributed by atoms with van der Waals surface area (Å²) in [6.07, 6.45) is 0. The van der Waals surface area contributed by atoms with Gasteiger partial charge < -0.3 is 4.74 Å². The Morgan fingerprint density at radius 2 is 1.79 bits per heavy atom. The topological polar surface area (TPSA) is 63.7 Å². The van der Waals surface area contributed by atoms with Gasteiger partial charge in [-0.1, -0.05) is 12.1 Å². The third kappa shape index (κ3) is 2.90. The number of hydrogen-bond acceptors (Lipinski definition) is 5. The number of rotatable bonds is 5. The van der Waals surface area contributed by atoms with E-state index < -0.39 is 5.97 Å². The molecule has 0 spiro atoms. The van der Waals surface area contributed by atoms with Crippen LogP contribution in [0.2, 0.25) is 0 Å². The second kappa shape index (κ2) is 6.08. The van der Waals surface area contributed by atoms with Crippen LogP contribution in [0.5, 0.6) is 0 Å². The van der Waals surface area contributed by atoms with Crippen LogP contribution in [0.25, 0.3) is 0 Å². The highest BCUT2D eigenvalue weighted by Crippen LogP contribution is 2.27. The smallest absolute Gasteiger partial charge is 0.320 e. The van der Waals surface area contributed by atoms with E-state index in [9.17, 15) is 14.4 Å².